The summed E-state index contributed by atoms with van der Waals surface area (Å²) < 4.78 is 4.27. The molecule has 6 heteroatoms. The molecule has 6 nitrogen and oxygen atoms in total. The molecule has 13 heavy (non-hydrogen) atoms. The zero-order valence-electron chi connectivity index (χ0n) is 7.32. The van der Waals surface area contributed by atoms with Gasteiger partial charge in [0, 0.05) is 19.1 Å². The number of aliphatic carboxylic acids is 1. The van der Waals surface area contributed by atoms with Gasteiger partial charge in [0.1, 0.15) is 0 Å². The number of rotatable bonds is 5. The maximum atomic E-state index is 10.6. The summed E-state index contributed by atoms with van der Waals surface area (Å²) in [5.74, 6) is -1.48. The van der Waals surface area contributed by atoms with Gasteiger partial charge in [0.2, 0.25) is 0 Å². The van der Waals surface area contributed by atoms with E-state index >= 15 is 0 Å². The molecule has 76 valence electrons. The van der Waals surface area contributed by atoms with E-state index in [0.29, 0.717) is 0 Å². The molecule has 0 saturated heterocycles. The Balaban J connectivity index is 3.71. The molecule has 3 N–H and O–H groups in total. The molecule has 0 rings (SSSR count). The number of methoxy groups -OCH3 is 1. The Hall–Kier alpha value is -1.30. The molecule has 0 spiro atoms. The molecule has 0 aliphatic rings. The number of carbonyl (C=O) groups excluding carboxylic acids is 1. The summed E-state index contributed by atoms with van der Waals surface area (Å²) >= 11 is 0. The molecule has 1 amide bonds. The van der Waals surface area contributed by atoms with E-state index in [2.05, 4.69) is 10.1 Å². The first-order valence-electron chi connectivity index (χ1n) is 3.74. The van der Waals surface area contributed by atoms with Crippen molar-refractivity contribution in [2.45, 2.75) is 6.42 Å². The van der Waals surface area contributed by atoms with Crippen LogP contribution in [0, 0.1) is 5.92 Å². The number of aliphatic hydroxyl groups excluding tert-OH is 1. The molecule has 1 atom stereocenters. The van der Waals surface area contributed by atoms with Crippen molar-refractivity contribution in [1.82, 2.24) is 5.32 Å². The van der Waals surface area contributed by atoms with Crippen molar-refractivity contribution >= 4 is 12.1 Å². The third-order valence-electron chi connectivity index (χ3n) is 1.44. The Bertz CT molecular complexity index is 182. The van der Waals surface area contributed by atoms with Crippen LogP contribution < -0.4 is 5.32 Å². The van der Waals surface area contributed by atoms with E-state index in [1.165, 1.54) is 7.11 Å². The van der Waals surface area contributed by atoms with Gasteiger partial charge < -0.3 is 20.3 Å². The van der Waals surface area contributed by atoms with E-state index in [-0.39, 0.29) is 19.6 Å². The SMILES string of the molecule is COC(=O)NCC(CO)CC(=O)O. The highest BCUT2D eigenvalue weighted by atomic mass is 16.5. The summed E-state index contributed by atoms with van der Waals surface area (Å²) in [4.78, 5) is 20.8. The molecule has 0 aromatic heterocycles. The van der Waals surface area contributed by atoms with Crippen LogP contribution in [0.15, 0.2) is 0 Å². The van der Waals surface area contributed by atoms with Crippen LogP contribution >= 0.6 is 0 Å². The van der Waals surface area contributed by atoms with Gasteiger partial charge in [-0.15, -0.1) is 0 Å². The fourth-order valence-electron chi connectivity index (χ4n) is 0.748. The summed E-state index contributed by atoms with van der Waals surface area (Å²) in [6.07, 6.45) is -0.815. The van der Waals surface area contributed by atoms with Crippen molar-refractivity contribution in [3.8, 4) is 0 Å². The van der Waals surface area contributed by atoms with Gasteiger partial charge in [-0.25, -0.2) is 4.79 Å². The van der Waals surface area contributed by atoms with E-state index in [1.54, 1.807) is 0 Å². The number of carboxylic acids is 1. The Labute approximate surface area is 75.5 Å². The molecule has 0 fully saturated rings. The molecule has 0 saturated carbocycles. The van der Waals surface area contributed by atoms with Crippen LogP contribution in [0.4, 0.5) is 4.79 Å². The monoisotopic (exact) mass is 191 g/mol. The third-order valence-corrected chi connectivity index (χ3v) is 1.44. The first-order chi connectivity index (χ1) is 6.10. The van der Waals surface area contributed by atoms with E-state index in [9.17, 15) is 9.59 Å². The lowest BCUT2D eigenvalue weighted by atomic mass is 10.1. The minimum Gasteiger partial charge on any atom is -0.481 e. The van der Waals surface area contributed by atoms with Gasteiger partial charge in [-0.3, -0.25) is 4.79 Å². The molecule has 0 bridgehead atoms. The second-order valence-electron chi connectivity index (χ2n) is 2.52. The zero-order valence-corrected chi connectivity index (χ0v) is 7.32. The van der Waals surface area contributed by atoms with Crippen LogP contribution in [0.3, 0.4) is 0 Å². The highest BCUT2D eigenvalue weighted by Gasteiger charge is 2.13. The predicted octanol–water partition coefficient (Wildman–Crippen LogP) is -0.574. The Kier molecular flexibility index (Phi) is 5.62. The number of carbonyl (C=O) groups is 2. The van der Waals surface area contributed by atoms with E-state index in [1.807, 2.05) is 0 Å². The standard InChI is InChI=1S/C7H13NO5/c1-13-7(12)8-3-5(4-9)2-6(10)11/h5,9H,2-4H2,1H3,(H,8,12)(H,10,11). The van der Waals surface area contributed by atoms with Crippen LogP contribution in [0.1, 0.15) is 6.42 Å². The third kappa shape index (κ3) is 5.92. The summed E-state index contributed by atoms with van der Waals surface area (Å²) in [5.41, 5.74) is 0. The molecular formula is C7H13NO5. The van der Waals surface area contributed by atoms with Crippen molar-refractivity contribution in [3.05, 3.63) is 0 Å². The average Bonchev–Trinajstić information content (AvgIpc) is 2.10. The normalized spacial score (nSPS) is 11.8. The molecule has 0 aliphatic heterocycles. The first-order valence-corrected chi connectivity index (χ1v) is 3.74. The van der Waals surface area contributed by atoms with Gasteiger partial charge in [0.25, 0.3) is 0 Å². The second-order valence-corrected chi connectivity index (χ2v) is 2.52. The van der Waals surface area contributed by atoms with Gasteiger partial charge in [0.05, 0.1) is 13.5 Å². The number of alkyl carbamates (subject to hydrolysis) is 1. The maximum absolute atomic E-state index is 10.6. The molecule has 1 unspecified atom stereocenters. The Morgan fingerprint density at radius 3 is 2.54 bits per heavy atom. The first kappa shape index (κ1) is 11.7. The van der Waals surface area contributed by atoms with Gasteiger partial charge in [0.15, 0.2) is 0 Å². The Morgan fingerprint density at radius 2 is 2.15 bits per heavy atom. The smallest absolute Gasteiger partial charge is 0.406 e. The number of amides is 1. The van der Waals surface area contributed by atoms with Crippen molar-refractivity contribution in [3.63, 3.8) is 0 Å². The molecule has 0 radical (unpaired) electrons. The van der Waals surface area contributed by atoms with Crippen molar-refractivity contribution < 1.29 is 24.5 Å². The molecule has 0 aromatic carbocycles. The topological polar surface area (TPSA) is 95.9 Å². The number of carboxylic acid groups (broad SMARTS) is 1. The fourth-order valence-corrected chi connectivity index (χ4v) is 0.748. The van der Waals surface area contributed by atoms with E-state index in [0.717, 1.165) is 0 Å². The van der Waals surface area contributed by atoms with E-state index < -0.39 is 18.0 Å². The van der Waals surface area contributed by atoms with Crippen molar-refractivity contribution in [2.75, 3.05) is 20.3 Å². The number of ether oxygens (including phenoxy) is 1. The lowest BCUT2D eigenvalue weighted by molar-refractivity contribution is -0.138. The fraction of sp³-hybridized carbons (Fsp3) is 0.714. The minimum atomic E-state index is -1.01. The van der Waals surface area contributed by atoms with Crippen LogP contribution in [0.5, 0.6) is 0 Å². The molecule has 0 aliphatic carbocycles. The van der Waals surface area contributed by atoms with Gasteiger partial charge in [-0.05, 0) is 0 Å². The van der Waals surface area contributed by atoms with Crippen LogP contribution in [-0.2, 0) is 9.53 Å². The quantitative estimate of drug-likeness (QED) is 0.540. The van der Waals surface area contributed by atoms with Crippen LogP contribution in [0.2, 0.25) is 0 Å². The van der Waals surface area contributed by atoms with E-state index in [4.69, 9.17) is 10.2 Å². The number of hydrogen-bond donors (Lipinski definition) is 3. The highest BCUT2D eigenvalue weighted by Crippen LogP contribution is 1.99. The zero-order chi connectivity index (χ0) is 10.3. The van der Waals surface area contributed by atoms with Crippen LogP contribution in [0.25, 0.3) is 0 Å². The summed E-state index contributed by atoms with van der Waals surface area (Å²) in [6, 6.07) is 0. The van der Waals surface area contributed by atoms with Gasteiger partial charge >= 0.3 is 12.1 Å². The number of hydrogen-bond acceptors (Lipinski definition) is 4. The summed E-state index contributed by atoms with van der Waals surface area (Å²) in [6.45, 7) is -0.189. The second kappa shape index (κ2) is 6.24. The molecule has 0 heterocycles. The average molecular weight is 191 g/mol. The van der Waals surface area contributed by atoms with Crippen molar-refractivity contribution in [2.24, 2.45) is 5.92 Å². The maximum Gasteiger partial charge on any atom is 0.406 e. The summed E-state index contributed by atoms with van der Waals surface area (Å²) in [7, 11) is 1.21. The predicted molar refractivity (Wildman–Crippen MR) is 43.2 cm³/mol. The summed E-state index contributed by atoms with van der Waals surface area (Å²) in [5, 5.41) is 19.4. The highest BCUT2D eigenvalue weighted by molar-refractivity contribution is 5.68. The lowest BCUT2D eigenvalue weighted by Crippen LogP contribution is -2.31. The van der Waals surface area contributed by atoms with Crippen LogP contribution in [-0.4, -0.2) is 42.5 Å². The number of aliphatic hydroxyl groups is 1. The van der Waals surface area contributed by atoms with Gasteiger partial charge in [-0.1, -0.05) is 0 Å². The van der Waals surface area contributed by atoms with Gasteiger partial charge in [-0.2, -0.15) is 0 Å². The Morgan fingerprint density at radius 1 is 1.54 bits per heavy atom. The minimum absolute atomic E-state index is 0.0927. The number of nitrogens with one attached hydrogen (secondary N) is 1. The molecule has 0 aromatic rings. The van der Waals surface area contributed by atoms with Crippen molar-refractivity contribution in [1.29, 1.82) is 0 Å². The largest absolute Gasteiger partial charge is 0.481 e. The molecular weight excluding hydrogens is 178 g/mol. The lowest BCUT2D eigenvalue weighted by Gasteiger charge is -2.11.